The zero-order valence-electron chi connectivity index (χ0n) is 15.2. The van der Waals surface area contributed by atoms with Gasteiger partial charge in [0.15, 0.2) is 0 Å². The first-order valence-electron chi connectivity index (χ1n) is 9.47. The summed E-state index contributed by atoms with van der Waals surface area (Å²) >= 11 is 0. The number of hydrogen-bond donors (Lipinski definition) is 1. The Hall–Kier alpha value is -2.95. The topological polar surface area (TPSA) is 62.3 Å². The Labute approximate surface area is 159 Å². The van der Waals surface area contributed by atoms with Crippen LogP contribution in [0.1, 0.15) is 40.7 Å². The third-order valence-electron chi connectivity index (χ3n) is 5.35. The summed E-state index contributed by atoms with van der Waals surface area (Å²) < 4.78 is 0. The molecule has 0 saturated carbocycles. The van der Waals surface area contributed by atoms with Gasteiger partial charge in [-0.1, -0.05) is 18.2 Å². The zero-order valence-corrected chi connectivity index (χ0v) is 15.2. The number of nitrogens with one attached hydrogen (secondary N) is 1. The Bertz CT molecular complexity index is 876. The molecule has 0 radical (unpaired) electrons. The second-order valence-corrected chi connectivity index (χ2v) is 7.16. The molecule has 2 aliphatic rings. The first-order chi connectivity index (χ1) is 13.2. The van der Waals surface area contributed by atoms with Gasteiger partial charge in [-0.2, -0.15) is 0 Å². The monoisotopic (exact) mass is 361 g/mol. The Morgan fingerprint density at radius 1 is 1.07 bits per heavy atom. The number of carbonyl (C=O) groups is 2. The first-order valence-corrected chi connectivity index (χ1v) is 9.47. The van der Waals surface area contributed by atoms with Crippen LogP contribution < -0.4 is 5.32 Å². The fourth-order valence-electron chi connectivity index (χ4n) is 3.81. The number of amides is 2. The number of allylic oxidation sites excluding steroid dienone is 2. The molecule has 1 unspecified atom stereocenters. The lowest BCUT2D eigenvalue weighted by molar-refractivity contribution is -0.136. The molecule has 138 valence electrons. The number of fused-ring (bicyclic) bond motifs is 1. The molecule has 1 atom stereocenters. The van der Waals surface area contributed by atoms with E-state index >= 15 is 0 Å². The SMILES string of the molecule is O=C(Nc1ccc2c(c1)CN(C(=O)C1CC=CCC1)CC2)c1ccncc1. The number of anilines is 1. The molecule has 0 fully saturated rings. The highest BCUT2D eigenvalue weighted by Crippen LogP contribution is 2.27. The quantitative estimate of drug-likeness (QED) is 0.850. The van der Waals surface area contributed by atoms with Crippen LogP contribution in [-0.4, -0.2) is 28.2 Å². The number of benzene rings is 1. The van der Waals surface area contributed by atoms with Crippen LogP contribution in [0.2, 0.25) is 0 Å². The minimum atomic E-state index is -0.157. The summed E-state index contributed by atoms with van der Waals surface area (Å²) in [5, 5.41) is 2.94. The summed E-state index contributed by atoms with van der Waals surface area (Å²) in [4.78, 5) is 31.1. The van der Waals surface area contributed by atoms with Crippen LogP contribution in [0, 0.1) is 5.92 Å². The minimum absolute atomic E-state index is 0.117. The molecule has 1 N–H and O–H groups in total. The minimum Gasteiger partial charge on any atom is -0.338 e. The Morgan fingerprint density at radius 2 is 1.93 bits per heavy atom. The highest BCUT2D eigenvalue weighted by atomic mass is 16.2. The van der Waals surface area contributed by atoms with E-state index in [1.54, 1.807) is 24.5 Å². The van der Waals surface area contributed by atoms with E-state index in [4.69, 9.17) is 0 Å². The number of pyridine rings is 1. The van der Waals surface area contributed by atoms with Gasteiger partial charge in [0, 0.05) is 42.7 Å². The van der Waals surface area contributed by atoms with Crippen molar-refractivity contribution in [3.63, 3.8) is 0 Å². The lowest BCUT2D eigenvalue weighted by Crippen LogP contribution is -2.40. The van der Waals surface area contributed by atoms with Crippen molar-refractivity contribution < 1.29 is 9.59 Å². The third kappa shape index (κ3) is 3.92. The fraction of sp³-hybridized carbons (Fsp3) is 0.318. The average Bonchev–Trinajstić information content (AvgIpc) is 2.74. The molecule has 5 heteroatoms. The van der Waals surface area contributed by atoms with E-state index in [1.165, 1.54) is 5.56 Å². The van der Waals surface area contributed by atoms with E-state index in [2.05, 4.69) is 28.5 Å². The van der Waals surface area contributed by atoms with Crippen LogP contribution in [0.5, 0.6) is 0 Å². The summed E-state index contributed by atoms with van der Waals surface area (Å²) in [5.41, 5.74) is 3.70. The van der Waals surface area contributed by atoms with Gasteiger partial charge in [0.25, 0.3) is 5.91 Å². The standard InChI is InChI=1S/C22H23N3O2/c26-21(17-8-11-23-12-9-17)24-20-7-6-16-10-13-25(15-19(16)14-20)22(27)18-4-2-1-3-5-18/h1-2,6-9,11-12,14,18H,3-5,10,13,15H2,(H,24,26). The number of aromatic nitrogens is 1. The van der Waals surface area contributed by atoms with Crippen LogP contribution in [-0.2, 0) is 17.8 Å². The summed E-state index contributed by atoms with van der Waals surface area (Å²) in [6.45, 7) is 1.39. The van der Waals surface area contributed by atoms with Gasteiger partial charge in [-0.3, -0.25) is 14.6 Å². The van der Waals surface area contributed by atoms with Gasteiger partial charge in [0.2, 0.25) is 5.91 Å². The molecule has 0 spiro atoms. The van der Waals surface area contributed by atoms with Crippen molar-refractivity contribution in [2.45, 2.75) is 32.2 Å². The van der Waals surface area contributed by atoms with Crippen molar-refractivity contribution in [1.82, 2.24) is 9.88 Å². The van der Waals surface area contributed by atoms with Crippen LogP contribution in [0.3, 0.4) is 0 Å². The van der Waals surface area contributed by atoms with Crippen molar-refractivity contribution >= 4 is 17.5 Å². The molecule has 5 nitrogen and oxygen atoms in total. The largest absolute Gasteiger partial charge is 0.338 e. The van der Waals surface area contributed by atoms with Crippen LogP contribution in [0.15, 0.2) is 54.9 Å². The number of carbonyl (C=O) groups excluding carboxylic acids is 2. The van der Waals surface area contributed by atoms with Gasteiger partial charge in [0.1, 0.15) is 0 Å². The van der Waals surface area contributed by atoms with Gasteiger partial charge in [-0.05, 0) is 61.1 Å². The van der Waals surface area contributed by atoms with Gasteiger partial charge < -0.3 is 10.2 Å². The van der Waals surface area contributed by atoms with E-state index in [1.807, 2.05) is 17.0 Å². The molecule has 2 amide bonds. The smallest absolute Gasteiger partial charge is 0.255 e. The van der Waals surface area contributed by atoms with Gasteiger partial charge >= 0.3 is 0 Å². The van der Waals surface area contributed by atoms with Crippen LogP contribution >= 0.6 is 0 Å². The van der Waals surface area contributed by atoms with Crippen LogP contribution in [0.4, 0.5) is 5.69 Å². The van der Waals surface area contributed by atoms with Crippen molar-refractivity contribution in [2.24, 2.45) is 5.92 Å². The molecule has 0 bridgehead atoms. The summed E-state index contributed by atoms with van der Waals surface area (Å²) in [5.74, 6) is 0.220. The molecule has 2 aromatic rings. The second-order valence-electron chi connectivity index (χ2n) is 7.16. The van der Waals surface area contributed by atoms with E-state index in [9.17, 15) is 9.59 Å². The Balaban J connectivity index is 1.46. The molecule has 2 heterocycles. The maximum Gasteiger partial charge on any atom is 0.255 e. The van der Waals surface area contributed by atoms with Gasteiger partial charge in [-0.25, -0.2) is 0 Å². The molecule has 1 aliphatic carbocycles. The Kier molecular flexibility index (Phi) is 5.01. The Morgan fingerprint density at radius 3 is 2.70 bits per heavy atom. The summed E-state index contributed by atoms with van der Waals surface area (Å²) in [6.07, 6.45) is 11.1. The highest BCUT2D eigenvalue weighted by molar-refractivity contribution is 6.04. The normalized spacial score (nSPS) is 18.7. The first kappa shape index (κ1) is 17.5. The van der Waals surface area contributed by atoms with E-state index in [-0.39, 0.29) is 17.7 Å². The number of hydrogen-bond acceptors (Lipinski definition) is 3. The van der Waals surface area contributed by atoms with E-state index in [0.717, 1.165) is 43.5 Å². The predicted octanol–water partition coefficient (Wildman–Crippen LogP) is 3.57. The molecular formula is C22H23N3O2. The summed E-state index contributed by atoms with van der Waals surface area (Å²) in [7, 11) is 0. The lowest BCUT2D eigenvalue weighted by atomic mass is 9.91. The maximum absolute atomic E-state index is 12.8. The van der Waals surface area contributed by atoms with Crippen molar-refractivity contribution in [3.05, 3.63) is 71.6 Å². The van der Waals surface area contributed by atoms with Crippen molar-refractivity contribution in [1.29, 1.82) is 0 Å². The molecule has 1 aliphatic heterocycles. The molecule has 4 rings (SSSR count). The molecule has 27 heavy (non-hydrogen) atoms. The third-order valence-corrected chi connectivity index (χ3v) is 5.35. The highest BCUT2D eigenvalue weighted by Gasteiger charge is 2.27. The number of rotatable bonds is 3. The van der Waals surface area contributed by atoms with E-state index < -0.39 is 0 Å². The van der Waals surface area contributed by atoms with E-state index in [0.29, 0.717) is 12.1 Å². The maximum atomic E-state index is 12.8. The predicted molar refractivity (Wildman–Crippen MR) is 104 cm³/mol. The molecule has 0 saturated heterocycles. The van der Waals surface area contributed by atoms with Crippen LogP contribution in [0.25, 0.3) is 0 Å². The molecular weight excluding hydrogens is 338 g/mol. The lowest BCUT2D eigenvalue weighted by Gasteiger charge is -2.32. The summed E-state index contributed by atoms with van der Waals surface area (Å²) in [6, 6.07) is 9.36. The average molecular weight is 361 g/mol. The van der Waals surface area contributed by atoms with Gasteiger partial charge in [0.05, 0.1) is 0 Å². The molecule has 1 aromatic carbocycles. The second kappa shape index (κ2) is 7.74. The van der Waals surface area contributed by atoms with Crippen molar-refractivity contribution in [3.8, 4) is 0 Å². The fourth-order valence-corrected chi connectivity index (χ4v) is 3.81. The zero-order chi connectivity index (χ0) is 18.6. The van der Waals surface area contributed by atoms with Crippen molar-refractivity contribution in [2.75, 3.05) is 11.9 Å². The molecule has 1 aromatic heterocycles. The number of nitrogens with zero attached hydrogens (tertiary/aromatic N) is 2. The van der Waals surface area contributed by atoms with Gasteiger partial charge in [-0.15, -0.1) is 0 Å².